The number of aromatic nitrogens is 1. The first kappa shape index (κ1) is 12.5. The van der Waals surface area contributed by atoms with Crippen LogP contribution in [0, 0.1) is 11.8 Å². The zero-order valence-corrected chi connectivity index (χ0v) is 10.0. The minimum absolute atomic E-state index is 0.155. The summed E-state index contributed by atoms with van der Waals surface area (Å²) in [4.78, 5) is 15.6. The monoisotopic (exact) mass is 221 g/mol. The van der Waals surface area contributed by atoms with Gasteiger partial charge in [-0.25, -0.2) is 4.98 Å². The van der Waals surface area contributed by atoms with Crippen LogP contribution < -0.4 is 11.1 Å². The largest absolute Gasteiger partial charge is 0.383 e. The Labute approximate surface area is 96.3 Å². The molecule has 1 unspecified atom stereocenters. The smallest absolute Gasteiger partial charge is 0.255 e. The van der Waals surface area contributed by atoms with Gasteiger partial charge in [0.25, 0.3) is 5.91 Å². The predicted molar refractivity (Wildman–Crippen MR) is 65.0 cm³/mol. The highest BCUT2D eigenvalue weighted by molar-refractivity contribution is 5.98. The molecule has 1 aromatic rings. The molecule has 0 saturated carbocycles. The molecule has 0 fully saturated rings. The fourth-order valence-electron chi connectivity index (χ4n) is 1.19. The highest BCUT2D eigenvalue weighted by Crippen LogP contribution is 2.10. The average molecular weight is 221 g/mol. The molecule has 0 saturated heterocycles. The SMILES string of the molecule is CC(C)C(C)CNC(=O)c1cccnc1N. The van der Waals surface area contributed by atoms with E-state index < -0.39 is 0 Å². The molecular weight excluding hydrogens is 202 g/mol. The van der Waals surface area contributed by atoms with Gasteiger partial charge in [0, 0.05) is 12.7 Å². The number of rotatable bonds is 4. The highest BCUT2D eigenvalue weighted by Gasteiger charge is 2.12. The minimum Gasteiger partial charge on any atom is -0.383 e. The normalized spacial score (nSPS) is 12.5. The number of carbonyl (C=O) groups excluding carboxylic acids is 1. The van der Waals surface area contributed by atoms with E-state index in [0.29, 0.717) is 23.9 Å². The van der Waals surface area contributed by atoms with Crippen molar-refractivity contribution in [2.24, 2.45) is 11.8 Å². The molecule has 0 spiro atoms. The van der Waals surface area contributed by atoms with Gasteiger partial charge in [-0.2, -0.15) is 0 Å². The number of hydrogen-bond acceptors (Lipinski definition) is 3. The molecule has 1 aromatic heterocycles. The van der Waals surface area contributed by atoms with Crippen molar-refractivity contribution >= 4 is 11.7 Å². The Balaban J connectivity index is 2.57. The van der Waals surface area contributed by atoms with E-state index in [0.717, 1.165) is 0 Å². The second-order valence-corrected chi connectivity index (χ2v) is 4.37. The molecule has 0 aliphatic rings. The Morgan fingerprint density at radius 2 is 2.19 bits per heavy atom. The molecular formula is C12H19N3O. The number of amides is 1. The average Bonchev–Trinajstić information content (AvgIpc) is 2.25. The molecule has 0 radical (unpaired) electrons. The second-order valence-electron chi connectivity index (χ2n) is 4.37. The van der Waals surface area contributed by atoms with E-state index in [9.17, 15) is 4.79 Å². The van der Waals surface area contributed by atoms with Crippen LogP contribution in [0.3, 0.4) is 0 Å². The molecule has 88 valence electrons. The molecule has 4 nitrogen and oxygen atoms in total. The lowest BCUT2D eigenvalue weighted by Crippen LogP contribution is -2.30. The minimum atomic E-state index is -0.155. The second kappa shape index (κ2) is 5.49. The third-order valence-corrected chi connectivity index (χ3v) is 2.81. The van der Waals surface area contributed by atoms with E-state index in [-0.39, 0.29) is 11.7 Å². The quantitative estimate of drug-likeness (QED) is 0.813. The number of hydrogen-bond donors (Lipinski definition) is 2. The molecule has 0 aliphatic carbocycles. The summed E-state index contributed by atoms with van der Waals surface area (Å²) in [6.07, 6.45) is 1.57. The fraction of sp³-hybridized carbons (Fsp3) is 0.500. The van der Waals surface area contributed by atoms with Gasteiger partial charge in [-0.05, 0) is 24.0 Å². The van der Waals surface area contributed by atoms with Gasteiger partial charge in [0.2, 0.25) is 0 Å². The van der Waals surface area contributed by atoms with Crippen molar-refractivity contribution in [3.05, 3.63) is 23.9 Å². The van der Waals surface area contributed by atoms with Crippen LogP contribution in [0.25, 0.3) is 0 Å². The molecule has 0 bridgehead atoms. The Bertz CT molecular complexity index is 363. The van der Waals surface area contributed by atoms with Gasteiger partial charge in [-0.15, -0.1) is 0 Å². The van der Waals surface area contributed by atoms with E-state index in [1.165, 1.54) is 0 Å². The van der Waals surface area contributed by atoms with Crippen LogP contribution >= 0.6 is 0 Å². The van der Waals surface area contributed by atoms with Crippen LogP contribution in [0.2, 0.25) is 0 Å². The first-order chi connectivity index (χ1) is 7.52. The number of carbonyl (C=O) groups is 1. The third kappa shape index (κ3) is 3.22. The number of pyridine rings is 1. The van der Waals surface area contributed by atoms with Crippen molar-refractivity contribution < 1.29 is 4.79 Å². The van der Waals surface area contributed by atoms with E-state index in [2.05, 4.69) is 31.1 Å². The number of anilines is 1. The lowest BCUT2D eigenvalue weighted by atomic mass is 9.98. The molecule has 1 rings (SSSR count). The Kier molecular flexibility index (Phi) is 4.28. The number of nitrogens with one attached hydrogen (secondary N) is 1. The topological polar surface area (TPSA) is 68.0 Å². The van der Waals surface area contributed by atoms with Crippen molar-refractivity contribution in [1.29, 1.82) is 0 Å². The first-order valence-electron chi connectivity index (χ1n) is 5.51. The maximum absolute atomic E-state index is 11.8. The zero-order valence-electron chi connectivity index (χ0n) is 10.0. The van der Waals surface area contributed by atoms with Crippen molar-refractivity contribution in [3.63, 3.8) is 0 Å². The third-order valence-electron chi connectivity index (χ3n) is 2.81. The van der Waals surface area contributed by atoms with Crippen LogP contribution in [-0.2, 0) is 0 Å². The summed E-state index contributed by atoms with van der Waals surface area (Å²) in [5.74, 6) is 1.11. The van der Waals surface area contributed by atoms with Crippen molar-refractivity contribution in [2.75, 3.05) is 12.3 Å². The first-order valence-corrected chi connectivity index (χ1v) is 5.51. The van der Waals surface area contributed by atoms with Crippen LogP contribution in [0.4, 0.5) is 5.82 Å². The van der Waals surface area contributed by atoms with Gasteiger partial charge >= 0.3 is 0 Å². The van der Waals surface area contributed by atoms with Gasteiger partial charge < -0.3 is 11.1 Å². The Morgan fingerprint density at radius 1 is 1.50 bits per heavy atom. The summed E-state index contributed by atoms with van der Waals surface area (Å²) in [5, 5.41) is 2.86. The van der Waals surface area contributed by atoms with E-state index in [1.54, 1.807) is 18.3 Å². The van der Waals surface area contributed by atoms with E-state index in [4.69, 9.17) is 5.73 Å². The standard InChI is InChI=1S/C12H19N3O/c1-8(2)9(3)7-15-12(16)10-5-4-6-14-11(10)13/h4-6,8-9H,7H2,1-3H3,(H2,13,14)(H,15,16). The van der Waals surface area contributed by atoms with Gasteiger partial charge in [0.05, 0.1) is 5.56 Å². The van der Waals surface area contributed by atoms with Crippen LogP contribution in [-0.4, -0.2) is 17.4 Å². The lowest BCUT2D eigenvalue weighted by molar-refractivity contribution is 0.0945. The number of nitrogens with two attached hydrogens (primary N) is 1. The number of nitrogen functional groups attached to an aromatic ring is 1. The molecule has 0 aromatic carbocycles. The van der Waals surface area contributed by atoms with Gasteiger partial charge in [0.15, 0.2) is 0 Å². The summed E-state index contributed by atoms with van der Waals surface area (Å²) in [6.45, 7) is 7.03. The maximum atomic E-state index is 11.8. The van der Waals surface area contributed by atoms with Crippen LogP contribution in [0.15, 0.2) is 18.3 Å². The van der Waals surface area contributed by atoms with Crippen LogP contribution in [0.1, 0.15) is 31.1 Å². The van der Waals surface area contributed by atoms with Crippen LogP contribution in [0.5, 0.6) is 0 Å². The summed E-state index contributed by atoms with van der Waals surface area (Å²) >= 11 is 0. The van der Waals surface area contributed by atoms with Crippen molar-refractivity contribution in [3.8, 4) is 0 Å². The molecule has 0 aliphatic heterocycles. The van der Waals surface area contributed by atoms with Crippen molar-refractivity contribution in [1.82, 2.24) is 10.3 Å². The highest BCUT2D eigenvalue weighted by atomic mass is 16.1. The maximum Gasteiger partial charge on any atom is 0.255 e. The molecule has 1 atom stereocenters. The van der Waals surface area contributed by atoms with Crippen molar-refractivity contribution in [2.45, 2.75) is 20.8 Å². The molecule has 4 heteroatoms. The summed E-state index contributed by atoms with van der Waals surface area (Å²) < 4.78 is 0. The fourth-order valence-corrected chi connectivity index (χ4v) is 1.19. The summed E-state index contributed by atoms with van der Waals surface area (Å²) in [7, 11) is 0. The van der Waals surface area contributed by atoms with E-state index in [1.807, 2.05) is 0 Å². The molecule has 16 heavy (non-hydrogen) atoms. The van der Waals surface area contributed by atoms with Gasteiger partial charge in [0.1, 0.15) is 5.82 Å². The molecule has 3 N–H and O–H groups in total. The summed E-state index contributed by atoms with van der Waals surface area (Å²) in [6, 6.07) is 3.38. The van der Waals surface area contributed by atoms with Gasteiger partial charge in [-0.1, -0.05) is 20.8 Å². The lowest BCUT2D eigenvalue weighted by Gasteiger charge is -2.16. The summed E-state index contributed by atoms with van der Waals surface area (Å²) in [5.41, 5.74) is 6.06. The Hall–Kier alpha value is -1.58. The zero-order chi connectivity index (χ0) is 12.1. The van der Waals surface area contributed by atoms with Gasteiger partial charge in [-0.3, -0.25) is 4.79 Å². The molecule has 1 amide bonds. The molecule has 1 heterocycles. The van der Waals surface area contributed by atoms with E-state index >= 15 is 0 Å². The predicted octanol–water partition coefficient (Wildman–Crippen LogP) is 1.69. The number of nitrogens with zero attached hydrogens (tertiary/aromatic N) is 1. The Morgan fingerprint density at radius 3 is 2.75 bits per heavy atom.